The lowest BCUT2D eigenvalue weighted by Crippen LogP contribution is -2.25. The lowest BCUT2D eigenvalue weighted by atomic mass is 10.1. The first-order chi connectivity index (χ1) is 9.54. The maximum atomic E-state index is 13.0. The molecule has 0 aliphatic heterocycles. The van der Waals surface area contributed by atoms with Crippen LogP contribution in [0.2, 0.25) is 5.02 Å². The Kier molecular flexibility index (Phi) is 4.69. The minimum atomic E-state index is -0.771. The third-order valence-electron chi connectivity index (χ3n) is 2.74. The van der Waals surface area contributed by atoms with Crippen LogP contribution in [0.15, 0.2) is 42.5 Å². The molecule has 0 saturated heterocycles. The third-order valence-corrected chi connectivity index (χ3v) is 2.99. The summed E-state index contributed by atoms with van der Waals surface area (Å²) in [6.07, 6.45) is 0.612. The van der Waals surface area contributed by atoms with E-state index in [2.05, 4.69) is 5.32 Å². The summed E-state index contributed by atoms with van der Waals surface area (Å²) in [6, 6.07) is 9.97. The Morgan fingerprint density at radius 3 is 2.25 bits per heavy atom. The number of hydrogen-bond donors (Lipinski definition) is 1. The molecule has 5 heteroatoms. The van der Waals surface area contributed by atoms with Crippen LogP contribution in [0.5, 0.6) is 0 Å². The maximum absolute atomic E-state index is 13.0. The Hall–Kier alpha value is -1.94. The number of hydrogen-bond acceptors (Lipinski definition) is 1. The largest absolute Gasteiger partial charge is 0.352 e. The molecule has 0 aromatic heterocycles. The van der Waals surface area contributed by atoms with Crippen molar-refractivity contribution in [1.82, 2.24) is 5.32 Å². The second-order valence-electron chi connectivity index (χ2n) is 4.29. The molecule has 0 fully saturated rings. The minimum absolute atomic E-state index is 0.0291. The molecule has 2 nitrogen and oxygen atoms in total. The van der Waals surface area contributed by atoms with E-state index in [0.717, 1.165) is 23.8 Å². The van der Waals surface area contributed by atoms with E-state index < -0.39 is 17.5 Å². The summed E-state index contributed by atoms with van der Waals surface area (Å²) in [6.45, 7) is 0.374. The second kappa shape index (κ2) is 6.48. The van der Waals surface area contributed by atoms with Crippen molar-refractivity contribution in [3.8, 4) is 0 Å². The average molecular weight is 296 g/mol. The monoisotopic (exact) mass is 295 g/mol. The van der Waals surface area contributed by atoms with Crippen LogP contribution < -0.4 is 5.32 Å². The maximum Gasteiger partial charge on any atom is 0.251 e. The fourth-order valence-corrected chi connectivity index (χ4v) is 1.88. The molecule has 0 spiro atoms. The highest BCUT2D eigenvalue weighted by Gasteiger charge is 2.08. The molecule has 0 aliphatic rings. The second-order valence-corrected chi connectivity index (χ2v) is 4.73. The van der Waals surface area contributed by atoms with Gasteiger partial charge in [0.1, 0.15) is 11.6 Å². The number of amides is 1. The lowest BCUT2D eigenvalue weighted by Gasteiger charge is -2.06. The molecular formula is C15H12ClF2NO. The molecule has 0 unspecified atom stereocenters. The average Bonchev–Trinajstić information content (AvgIpc) is 2.40. The summed E-state index contributed by atoms with van der Waals surface area (Å²) in [5.74, 6) is -2.04. The van der Waals surface area contributed by atoms with E-state index in [-0.39, 0.29) is 5.56 Å². The van der Waals surface area contributed by atoms with Gasteiger partial charge < -0.3 is 5.32 Å². The quantitative estimate of drug-likeness (QED) is 0.917. The van der Waals surface area contributed by atoms with Crippen LogP contribution in [0.25, 0.3) is 0 Å². The summed E-state index contributed by atoms with van der Waals surface area (Å²) < 4.78 is 26.0. The summed E-state index contributed by atoms with van der Waals surface area (Å²) in [4.78, 5) is 11.7. The van der Waals surface area contributed by atoms with Crippen molar-refractivity contribution >= 4 is 17.5 Å². The summed E-state index contributed by atoms with van der Waals surface area (Å²) in [5.41, 5.74) is 0.985. The van der Waals surface area contributed by atoms with Gasteiger partial charge in [0.15, 0.2) is 0 Å². The summed E-state index contributed by atoms with van der Waals surface area (Å²) >= 11 is 5.77. The van der Waals surface area contributed by atoms with Gasteiger partial charge in [-0.25, -0.2) is 8.78 Å². The first-order valence-electron chi connectivity index (χ1n) is 6.03. The van der Waals surface area contributed by atoms with E-state index >= 15 is 0 Å². The molecule has 1 amide bonds. The summed E-state index contributed by atoms with van der Waals surface area (Å²) in [7, 11) is 0. The van der Waals surface area contributed by atoms with Crippen molar-refractivity contribution in [2.24, 2.45) is 0 Å². The van der Waals surface area contributed by atoms with Crippen LogP contribution >= 0.6 is 11.6 Å². The van der Waals surface area contributed by atoms with Crippen LogP contribution in [-0.4, -0.2) is 12.5 Å². The predicted molar refractivity (Wildman–Crippen MR) is 73.8 cm³/mol. The Balaban J connectivity index is 1.90. The Labute approximate surface area is 120 Å². The van der Waals surface area contributed by atoms with E-state index in [4.69, 9.17) is 11.6 Å². The molecule has 1 N–H and O–H groups in total. The van der Waals surface area contributed by atoms with Gasteiger partial charge >= 0.3 is 0 Å². The molecule has 20 heavy (non-hydrogen) atoms. The molecule has 0 atom stereocenters. The van der Waals surface area contributed by atoms with Gasteiger partial charge in [-0.05, 0) is 36.2 Å². The summed E-state index contributed by atoms with van der Waals surface area (Å²) in [5, 5.41) is 3.26. The Bertz CT molecular complexity index is 594. The van der Waals surface area contributed by atoms with Crippen molar-refractivity contribution in [2.75, 3.05) is 6.54 Å². The van der Waals surface area contributed by atoms with Gasteiger partial charge in [0.25, 0.3) is 5.91 Å². The molecule has 0 aliphatic carbocycles. The van der Waals surface area contributed by atoms with Crippen LogP contribution in [0.1, 0.15) is 15.9 Å². The van der Waals surface area contributed by atoms with Crippen molar-refractivity contribution in [2.45, 2.75) is 6.42 Å². The molecule has 2 rings (SSSR count). The topological polar surface area (TPSA) is 29.1 Å². The highest BCUT2D eigenvalue weighted by Crippen LogP contribution is 2.10. The Morgan fingerprint density at radius 1 is 1.05 bits per heavy atom. The Morgan fingerprint density at radius 2 is 1.65 bits per heavy atom. The normalized spacial score (nSPS) is 10.3. The van der Waals surface area contributed by atoms with Crippen LogP contribution in [0.4, 0.5) is 8.78 Å². The van der Waals surface area contributed by atoms with E-state index in [0.29, 0.717) is 18.0 Å². The van der Waals surface area contributed by atoms with Gasteiger partial charge in [-0.15, -0.1) is 0 Å². The van der Waals surface area contributed by atoms with Gasteiger partial charge in [-0.3, -0.25) is 4.79 Å². The molecule has 0 radical (unpaired) electrons. The third kappa shape index (κ3) is 4.03. The number of nitrogens with one attached hydrogen (secondary N) is 1. The minimum Gasteiger partial charge on any atom is -0.352 e. The highest BCUT2D eigenvalue weighted by atomic mass is 35.5. The van der Waals surface area contributed by atoms with Crippen LogP contribution in [0, 0.1) is 11.6 Å². The van der Waals surface area contributed by atoms with Gasteiger partial charge in [0, 0.05) is 23.2 Å². The van der Waals surface area contributed by atoms with Gasteiger partial charge in [0.05, 0.1) is 0 Å². The van der Waals surface area contributed by atoms with Gasteiger partial charge in [-0.1, -0.05) is 23.7 Å². The van der Waals surface area contributed by atoms with E-state index in [1.165, 1.54) is 0 Å². The highest BCUT2D eigenvalue weighted by molar-refractivity contribution is 6.30. The molecule has 2 aromatic rings. The van der Waals surface area contributed by atoms with Crippen molar-refractivity contribution in [3.63, 3.8) is 0 Å². The first-order valence-corrected chi connectivity index (χ1v) is 6.41. The molecule has 0 heterocycles. The zero-order chi connectivity index (χ0) is 14.5. The van der Waals surface area contributed by atoms with Gasteiger partial charge in [-0.2, -0.15) is 0 Å². The van der Waals surface area contributed by atoms with Crippen LogP contribution in [0.3, 0.4) is 0 Å². The first kappa shape index (κ1) is 14.5. The SMILES string of the molecule is O=C(NCCc1ccc(Cl)cc1)c1cc(F)cc(F)c1. The van der Waals surface area contributed by atoms with Crippen molar-refractivity contribution in [1.29, 1.82) is 0 Å². The fourth-order valence-electron chi connectivity index (χ4n) is 1.76. The number of rotatable bonds is 4. The standard InChI is InChI=1S/C15H12ClF2NO/c16-12-3-1-10(2-4-12)5-6-19-15(20)11-7-13(17)9-14(18)8-11/h1-4,7-9H,5-6H2,(H,19,20). The molecule has 104 valence electrons. The number of carbonyl (C=O) groups excluding carboxylic acids is 1. The van der Waals surface area contributed by atoms with Crippen molar-refractivity contribution < 1.29 is 13.6 Å². The van der Waals surface area contributed by atoms with E-state index in [1.807, 2.05) is 12.1 Å². The molecule has 2 aromatic carbocycles. The van der Waals surface area contributed by atoms with Crippen LogP contribution in [-0.2, 0) is 6.42 Å². The lowest BCUT2D eigenvalue weighted by molar-refractivity contribution is 0.0953. The molecule has 0 bridgehead atoms. The number of carbonyl (C=O) groups is 1. The molecular weight excluding hydrogens is 284 g/mol. The molecule has 0 saturated carbocycles. The van der Waals surface area contributed by atoms with E-state index in [1.54, 1.807) is 12.1 Å². The number of benzene rings is 2. The van der Waals surface area contributed by atoms with Gasteiger partial charge in [0.2, 0.25) is 0 Å². The number of halogens is 3. The predicted octanol–water partition coefficient (Wildman–Crippen LogP) is 3.59. The zero-order valence-corrected chi connectivity index (χ0v) is 11.3. The zero-order valence-electron chi connectivity index (χ0n) is 10.5. The fraction of sp³-hybridized carbons (Fsp3) is 0.133. The van der Waals surface area contributed by atoms with Crippen molar-refractivity contribution in [3.05, 3.63) is 70.2 Å². The smallest absolute Gasteiger partial charge is 0.251 e. The van der Waals surface area contributed by atoms with E-state index in [9.17, 15) is 13.6 Å².